The van der Waals surface area contributed by atoms with Crippen molar-refractivity contribution in [3.8, 4) is 0 Å². The highest BCUT2D eigenvalue weighted by Crippen LogP contribution is 2.16. The Bertz CT molecular complexity index is 160. The summed E-state index contributed by atoms with van der Waals surface area (Å²) in [4.78, 5) is 1.91. The Morgan fingerprint density at radius 1 is 1.75 bits per heavy atom. The summed E-state index contributed by atoms with van der Waals surface area (Å²) in [6.45, 7) is 4.33. The number of likely N-dealkylation sites (tertiary alicyclic amines) is 1. The van der Waals surface area contributed by atoms with Crippen molar-refractivity contribution in [3.63, 3.8) is 0 Å². The van der Waals surface area contributed by atoms with E-state index in [0.29, 0.717) is 12.6 Å². The van der Waals surface area contributed by atoms with Gasteiger partial charge in [-0.25, -0.2) is 0 Å². The Labute approximate surface area is 73.2 Å². The number of ether oxygens (including phenoxy) is 1. The second-order valence-electron chi connectivity index (χ2n) is 3.03. The molecule has 70 valence electrons. The lowest BCUT2D eigenvalue weighted by Crippen LogP contribution is -2.42. The highest BCUT2D eigenvalue weighted by Gasteiger charge is 2.24. The summed E-state index contributed by atoms with van der Waals surface area (Å²) in [5.74, 6) is 0.178. The minimum Gasteiger partial charge on any atom is -0.380 e. The monoisotopic (exact) mass is 171 g/mol. The third-order valence-corrected chi connectivity index (χ3v) is 2.20. The van der Waals surface area contributed by atoms with Gasteiger partial charge < -0.3 is 15.4 Å². The summed E-state index contributed by atoms with van der Waals surface area (Å²) < 4.78 is 5.30. The molecule has 12 heavy (non-hydrogen) atoms. The lowest BCUT2D eigenvalue weighted by molar-refractivity contribution is 0.106. The van der Waals surface area contributed by atoms with Crippen molar-refractivity contribution in [1.29, 1.82) is 5.41 Å². The Morgan fingerprint density at radius 3 is 3.08 bits per heavy atom. The van der Waals surface area contributed by atoms with E-state index in [9.17, 15) is 0 Å². The molecule has 0 bridgehead atoms. The van der Waals surface area contributed by atoms with Gasteiger partial charge in [-0.2, -0.15) is 0 Å². The van der Waals surface area contributed by atoms with Crippen molar-refractivity contribution in [2.24, 2.45) is 5.73 Å². The molecule has 1 aliphatic rings. The predicted octanol–water partition coefficient (Wildman–Crippen LogP) is 0.381. The summed E-state index contributed by atoms with van der Waals surface area (Å²) >= 11 is 0. The molecule has 1 rings (SSSR count). The fourth-order valence-electron chi connectivity index (χ4n) is 1.58. The first-order valence-corrected chi connectivity index (χ1v) is 4.44. The average molecular weight is 171 g/mol. The van der Waals surface area contributed by atoms with E-state index in [2.05, 4.69) is 0 Å². The number of guanidine groups is 1. The summed E-state index contributed by atoms with van der Waals surface area (Å²) in [6, 6.07) is 0.336. The van der Waals surface area contributed by atoms with E-state index in [1.54, 1.807) is 0 Å². The number of hydrogen-bond acceptors (Lipinski definition) is 2. The number of rotatable bonds is 3. The standard InChI is InChI=1S/C8H17N3O/c1-2-12-6-7-4-3-5-11(7)8(9)10/h7H,2-6H2,1H3,(H3,9,10)/t7-/m1/s1. The van der Waals surface area contributed by atoms with E-state index >= 15 is 0 Å². The molecule has 0 aromatic carbocycles. The van der Waals surface area contributed by atoms with Gasteiger partial charge >= 0.3 is 0 Å². The Kier molecular flexibility index (Phi) is 3.34. The van der Waals surface area contributed by atoms with Crippen LogP contribution in [0.3, 0.4) is 0 Å². The van der Waals surface area contributed by atoms with Crippen molar-refractivity contribution in [2.45, 2.75) is 25.8 Å². The SMILES string of the molecule is CCOC[C@H]1CCCN1C(=N)N. The van der Waals surface area contributed by atoms with Gasteiger partial charge in [0.25, 0.3) is 0 Å². The molecule has 0 radical (unpaired) electrons. The van der Waals surface area contributed by atoms with E-state index in [4.69, 9.17) is 15.9 Å². The zero-order valence-corrected chi connectivity index (χ0v) is 7.55. The molecule has 4 nitrogen and oxygen atoms in total. The molecule has 1 aliphatic heterocycles. The molecule has 1 heterocycles. The Morgan fingerprint density at radius 2 is 2.50 bits per heavy atom. The average Bonchev–Trinajstić information content (AvgIpc) is 2.48. The third-order valence-electron chi connectivity index (χ3n) is 2.20. The Hall–Kier alpha value is -0.770. The fourth-order valence-corrected chi connectivity index (χ4v) is 1.58. The van der Waals surface area contributed by atoms with E-state index < -0.39 is 0 Å². The Balaban J connectivity index is 2.35. The molecule has 1 atom stereocenters. The number of hydrogen-bond donors (Lipinski definition) is 2. The van der Waals surface area contributed by atoms with Crippen LogP contribution in [0.25, 0.3) is 0 Å². The van der Waals surface area contributed by atoms with Gasteiger partial charge in [-0.1, -0.05) is 0 Å². The van der Waals surface area contributed by atoms with Gasteiger partial charge in [0.1, 0.15) is 0 Å². The summed E-state index contributed by atoms with van der Waals surface area (Å²) in [5, 5.41) is 7.31. The summed E-state index contributed by atoms with van der Waals surface area (Å²) in [5.41, 5.74) is 5.41. The quantitative estimate of drug-likeness (QED) is 0.476. The molecule has 3 N–H and O–H groups in total. The normalized spacial score (nSPS) is 23.1. The maximum atomic E-state index is 7.31. The van der Waals surface area contributed by atoms with Crippen LogP contribution in [0.5, 0.6) is 0 Å². The zero-order valence-electron chi connectivity index (χ0n) is 7.55. The second kappa shape index (κ2) is 4.30. The molecule has 4 heteroatoms. The first kappa shape index (κ1) is 9.32. The van der Waals surface area contributed by atoms with E-state index in [1.165, 1.54) is 0 Å². The lowest BCUT2D eigenvalue weighted by Gasteiger charge is -2.24. The molecular formula is C8H17N3O. The maximum absolute atomic E-state index is 7.31. The van der Waals surface area contributed by atoms with Crippen LogP contribution in [0, 0.1) is 5.41 Å². The minimum absolute atomic E-state index is 0.178. The van der Waals surface area contributed by atoms with Gasteiger partial charge in [0.15, 0.2) is 5.96 Å². The molecule has 0 amide bonds. The largest absolute Gasteiger partial charge is 0.380 e. The first-order chi connectivity index (χ1) is 5.75. The minimum atomic E-state index is 0.178. The van der Waals surface area contributed by atoms with E-state index in [1.807, 2.05) is 11.8 Å². The highest BCUT2D eigenvalue weighted by atomic mass is 16.5. The molecule has 1 fully saturated rings. The molecule has 1 saturated heterocycles. The van der Waals surface area contributed by atoms with Crippen LogP contribution in [-0.4, -0.2) is 36.7 Å². The van der Waals surface area contributed by atoms with Gasteiger partial charge in [0, 0.05) is 13.2 Å². The van der Waals surface area contributed by atoms with Crippen LogP contribution >= 0.6 is 0 Å². The molecule has 0 saturated carbocycles. The molecule has 0 aliphatic carbocycles. The third kappa shape index (κ3) is 2.11. The second-order valence-corrected chi connectivity index (χ2v) is 3.03. The smallest absolute Gasteiger partial charge is 0.188 e. The fraction of sp³-hybridized carbons (Fsp3) is 0.875. The van der Waals surface area contributed by atoms with E-state index in [0.717, 1.165) is 26.0 Å². The van der Waals surface area contributed by atoms with Crippen LogP contribution in [-0.2, 0) is 4.74 Å². The molecule has 0 unspecified atom stereocenters. The van der Waals surface area contributed by atoms with Crippen LogP contribution in [0.4, 0.5) is 0 Å². The summed E-state index contributed by atoms with van der Waals surface area (Å²) in [6.07, 6.45) is 2.22. The van der Waals surface area contributed by atoms with Gasteiger partial charge in [0.2, 0.25) is 0 Å². The molecular weight excluding hydrogens is 154 g/mol. The van der Waals surface area contributed by atoms with Crippen molar-refractivity contribution >= 4 is 5.96 Å². The zero-order chi connectivity index (χ0) is 8.97. The molecule has 0 aromatic heterocycles. The van der Waals surface area contributed by atoms with Gasteiger partial charge in [-0.05, 0) is 19.8 Å². The number of nitrogens with zero attached hydrogens (tertiary/aromatic N) is 1. The topological polar surface area (TPSA) is 62.3 Å². The van der Waals surface area contributed by atoms with Gasteiger partial charge in [0.05, 0.1) is 12.6 Å². The molecule has 0 aromatic rings. The van der Waals surface area contributed by atoms with Gasteiger partial charge in [-0.3, -0.25) is 5.41 Å². The van der Waals surface area contributed by atoms with Crippen LogP contribution < -0.4 is 5.73 Å². The number of nitrogens with one attached hydrogen (secondary N) is 1. The molecule has 0 spiro atoms. The number of nitrogens with two attached hydrogens (primary N) is 1. The van der Waals surface area contributed by atoms with Gasteiger partial charge in [-0.15, -0.1) is 0 Å². The first-order valence-electron chi connectivity index (χ1n) is 4.44. The van der Waals surface area contributed by atoms with Crippen molar-refractivity contribution < 1.29 is 4.74 Å². The summed E-state index contributed by atoms with van der Waals surface area (Å²) in [7, 11) is 0. The van der Waals surface area contributed by atoms with Crippen molar-refractivity contribution in [1.82, 2.24) is 4.90 Å². The highest BCUT2D eigenvalue weighted by molar-refractivity contribution is 5.75. The van der Waals surface area contributed by atoms with Crippen molar-refractivity contribution in [3.05, 3.63) is 0 Å². The lowest BCUT2D eigenvalue weighted by atomic mass is 10.2. The van der Waals surface area contributed by atoms with Crippen molar-refractivity contribution in [2.75, 3.05) is 19.8 Å². The van der Waals surface area contributed by atoms with Crippen LogP contribution in [0.2, 0.25) is 0 Å². The maximum Gasteiger partial charge on any atom is 0.188 e. The predicted molar refractivity (Wildman–Crippen MR) is 48.1 cm³/mol. The van der Waals surface area contributed by atoms with E-state index in [-0.39, 0.29) is 5.96 Å². The van der Waals surface area contributed by atoms with Crippen LogP contribution in [0.15, 0.2) is 0 Å². The van der Waals surface area contributed by atoms with Crippen LogP contribution in [0.1, 0.15) is 19.8 Å².